The van der Waals surface area contributed by atoms with Crippen molar-refractivity contribution in [1.82, 2.24) is 9.97 Å². The molecule has 0 amide bonds. The zero-order valence-corrected chi connectivity index (χ0v) is 17.7. The van der Waals surface area contributed by atoms with E-state index in [2.05, 4.69) is 15.3 Å². The van der Waals surface area contributed by atoms with Crippen molar-refractivity contribution in [1.29, 1.82) is 0 Å². The minimum Gasteiger partial charge on any atom is -0.475 e. The molecule has 0 saturated heterocycles. The predicted octanol–water partition coefficient (Wildman–Crippen LogP) is 3.19. The number of anilines is 1. The molecule has 2 heterocycles. The normalized spacial score (nSPS) is 15.3. The first-order valence-corrected chi connectivity index (χ1v) is 9.73. The summed E-state index contributed by atoms with van der Waals surface area (Å²) in [6.45, 7) is 5.75. The third-order valence-corrected chi connectivity index (χ3v) is 4.64. The highest BCUT2D eigenvalue weighted by molar-refractivity contribution is 5.94. The van der Waals surface area contributed by atoms with Crippen LogP contribution in [0.4, 0.5) is 11.5 Å². The van der Waals surface area contributed by atoms with Crippen LogP contribution in [0, 0.1) is 10.1 Å². The summed E-state index contributed by atoms with van der Waals surface area (Å²) < 4.78 is 16.2. The third kappa shape index (κ3) is 4.80. The molecule has 0 fully saturated rings. The van der Waals surface area contributed by atoms with Gasteiger partial charge in [-0.3, -0.25) is 10.1 Å². The van der Waals surface area contributed by atoms with Crippen molar-refractivity contribution < 1.29 is 23.9 Å². The van der Waals surface area contributed by atoms with Crippen LogP contribution in [-0.4, -0.2) is 47.3 Å². The molecule has 164 valence electrons. The van der Waals surface area contributed by atoms with Gasteiger partial charge in [-0.1, -0.05) is 12.1 Å². The van der Waals surface area contributed by atoms with E-state index < -0.39 is 16.8 Å². The number of nitrogens with one attached hydrogen (secondary N) is 1. The van der Waals surface area contributed by atoms with E-state index in [0.29, 0.717) is 34.1 Å². The van der Waals surface area contributed by atoms with E-state index in [-0.39, 0.29) is 25.0 Å². The first-order valence-electron chi connectivity index (χ1n) is 9.73. The number of benzene rings is 1. The number of nitrogens with zero attached hydrogens (tertiary/aromatic N) is 3. The van der Waals surface area contributed by atoms with E-state index in [9.17, 15) is 14.9 Å². The van der Waals surface area contributed by atoms with E-state index in [4.69, 9.17) is 14.2 Å². The summed E-state index contributed by atoms with van der Waals surface area (Å²) in [5, 5.41) is 14.5. The number of carbonyl (C=O) groups excluding carboxylic acids is 1. The zero-order valence-electron chi connectivity index (χ0n) is 17.7. The van der Waals surface area contributed by atoms with Crippen LogP contribution in [0.15, 0.2) is 41.9 Å². The minimum absolute atomic E-state index is 0.0707. The molecule has 0 saturated carbocycles. The first-order chi connectivity index (χ1) is 14.8. The van der Waals surface area contributed by atoms with Crippen molar-refractivity contribution in [2.75, 3.05) is 25.6 Å². The Labute approximate surface area is 179 Å². The average Bonchev–Trinajstić information content (AvgIpc) is 2.72. The Bertz CT molecular complexity index is 1020. The lowest BCUT2D eigenvalue weighted by atomic mass is 9.82. The summed E-state index contributed by atoms with van der Waals surface area (Å²) in [6, 6.07) is 6.12. The highest BCUT2D eigenvalue weighted by Gasteiger charge is 2.37. The molecule has 1 aliphatic rings. The molecular formula is C21H24N4O6. The fourth-order valence-electron chi connectivity index (χ4n) is 3.38. The first kappa shape index (κ1) is 22.2. The van der Waals surface area contributed by atoms with E-state index in [0.717, 1.165) is 0 Å². The number of nitro groups is 1. The fourth-order valence-corrected chi connectivity index (χ4v) is 3.38. The van der Waals surface area contributed by atoms with Crippen molar-refractivity contribution >= 4 is 17.5 Å². The molecule has 0 bridgehead atoms. The smallest absolute Gasteiger partial charge is 0.336 e. The summed E-state index contributed by atoms with van der Waals surface area (Å²) >= 11 is 0. The number of non-ortho nitro benzene ring substituents is 1. The maximum Gasteiger partial charge on any atom is 0.336 e. The van der Waals surface area contributed by atoms with Crippen LogP contribution in [0.25, 0.3) is 0 Å². The van der Waals surface area contributed by atoms with E-state index in [1.807, 2.05) is 13.8 Å². The number of rotatable bonds is 8. The standard InChI is InChI=1S/C21H24N4O6/c1-12(2)31-20-18-17(14-6-5-7-15(10-14)25(27)28)16(21(26)30-9-8-29-4)13(3)24-19(18)22-11-23-20/h5-7,10-12,17H,8-9H2,1-4H3,(H,22,23,24). The van der Waals surface area contributed by atoms with E-state index >= 15 is 0 Å². The van der Waals surface area contributed by atoms with Crippen molar-refractivity contribution in [3.63, 3.8) is 0 Å². The van der Waals surface area contributed by atoms with Gasteiger partial charge in [0.1, 0.15) is 18.8 Å². The summed E-state index contributed by atoms with van der Waals surface area (Å²) in [4.78, 5) is 32.5. The van der Waals surface area contributed by atoms with Gasteiger partial charge in [-0.15, -0.1) is 0 Å². The fraction of sp³-hybridized carbons (Fsp3) is 0.381. The van der Waals surface area contributed by atoms with Crippen LogP contribution in [0.5, 0.6) is 5.88 Å². The maximum atomic E-state index is 13.0. The summed E-state index contributed by atoms with van der Waals surface area (Å²) in [5.74, 6) is -0.531. The second-order valence-corrected chi connectivity index (χ2v) is 7.19. The zero-order chi connectivity index (χ0) is 22.5. The Morgan fingerprint density at radius 1 is 1.29 bits per heavy atom. The van der Waals surface area contributed by atoms with Crippen molar-refractivity contribution in [2.24, 2.45) is 0 Å². The number of fused-ring (bicyclic) bond motifs is 1. The Balaban J connectivity index is 2.18. The number of methoxy groups -OCH3 is 1. The van der Waals surface area contributed by atoms with Gasteiger partial charge in [0.2, 0.25) is 5.88 Å². The van der Waals surface area contributed by atoms with Gasteiger partial charge in [-0.2, -0.15) is 0 Å². The number of allylic oxidation sites excluding steroid dienone is 1. The molecule has 1 unspecified atom stereocenters. The molecule has 1 aliphatic heterocycles. The van der Waals surface area contributed by atoms with Crippen LogP contribution in [0.3, 0.4) is 0 Å². The Morgan fingerprint density at radius 2 is 2.06 bits per heavy atom. The van der Waals surface area contributed by atoms with Gasteiger partial charge in [0, 0.05) is 24.9 Å². The summed E-state index contributed by atoms with van der Waals surface area (Å²) in [5.41, 5.74) is 1.78. The maximum absolute atomic E-state index is 13.0. The van der Waals surface area contributed by atoms with Crippen molar-refractivity contribution in [3.8, 4) is 5.88 Å². The molecule has 0 radical (unpaired) electrons. The lowest BCUT2D eigenvalue weighted by Gasteiger charge is -2.30. The van der Waals surface area contributed by atoms with Crippen LogP contribution in [-0.2, 0) is 14.3 Å². The lowest BCUT2D eigenvalue weighted by molar-refractivity contribution is -0.384. The van der Waals surface area contributed by atoms with Crippen LogP contribution < -0.4 is 10.1 Å². The van der Waals surface area contributed by atoms with Crippen molar-refractivity contribution in [2.45, 2.75) is 32.8 Å². The number of aromatic nitrogens is 2. The van der Waals surface area contributed by atoms with Gasteiger partial charge >= 0.3 is 5.97 Å². The van der Waals surface area contributed by atoms with Crippen LogP contribution in [0.2, 0.25) is 0 Å². The van der Waals surface area contributed by atoms with E-state index in [1.54, 1.807) is 19.1 Å². The summed E-state index contributed by atoms with van der Waals surface area (Å²) in [7, 11) is 1.51. The molecule has 10 heteroatoms. The van der Waals surface area contributed by atoms with Crippen molar-refractivity contribution in [3.05, 3.63) is 63.1 Å². The minimum atomic E-state index is -0.721. The van der Waals surface area contributed by atoms with Crippen LogP contribution >= 0.6 is 0 Å². The monoisotopic (exact) mass is 428 g/mol. The van der Waals surface area contributed by atoms with Gasteiger partial charge in [-0.25, -0.2) is 14.8 Å². The molecule has 3 rings (SSSR count). The molecule has 1 N–H and O–H groups in total. The largest absolute Gasteiger partial charge is 0.475 e. The Kier molecular flexibility index (Phi) is 6.81. The highest BCUT2D eigenvalue weighted by Crippen LogP contribution is 2.45. The molecule has 31 heavy (non-hydrogen) atoms. The van der Waals surface area contributed by atoms with Gasteiger partial charge in [0.15, 0.2) is 0 Å². The predicted molar refractivity (Wildman–Crippen MR) is 112 cm³/mol. The molecule has 2 aromatic rings. The second-order valence-electron chi connectivity index (χ2n) is 7.19. The molecule has 1 aromatic carbocycles. The van der Waals surface area contributed by atoms with Gasteiger partial charge in [0.25, 0.3) is 5.69 Å². The average molecular weight is 428 g/mol. The number of nitro benzene ring substituents is 1. The Morgan fingerprint density at radius 3 is 2.74 bits per heavy atom. The highest BCUT2D eigenvalue weighted by atomic mass is 16.6. The quantitative estimate of drug-likeness (QED) is 0.292. The van der Waals surface area contributed by atoms with E-state index in [1.165, 1.54) is 25.6 Å². The molecule has 1 atom stereocenters. The third-order valence-electron chi connectivity index (χ3n) is 4.64. The van der Waals surface area contributed by atoms with Gasteiger partial charge < -0.3 is 19.5 Å². The van der Waals surface area contributed by atoms with Gasteiger partial charge in [-0.05, 0) is 26.3 Å². The Hall–Kier alpha value is -3.53. The molecule has 10 nitrogen and oxygen atoms in total. The molecular weight excluding hydrogens is 404 g/mol. The number of hydrogen-bond acceptors (Lipinski definition) is 9. The summed E-state index contributed by atoms with van der Waals surface area (Å²) in [6.07, 6.45) is 1.18. The number of carbonyl (C=O) groups is 1. The topological polar surface area (TPSA) is 126 Å². The van der Waals surface area contributed by atoms with Gasteiger partial charge in [0.05, 0.1) is 34.7 Å². The number of ether oxygens (including phenoxy) is 3. The SMILES string of the molecule is COCCOC(=O)C1=C(C)Nc2ncnc(OC(C)C)c2C1c1cccc([N+](=O)[O-])c1. The number of esters is 1. The van der Waals surface area contributed by atoms with Crippen LogP contribution in [0.1, 0.15) is 37.8 Å². The molecule has 0 aliphatic carbocycles. The molecule has 1 aromatic heterocycles. The number of hydrogen-bond donors (Lipinski definition) is 1. The second kappa shape index (κ2) is 9.52. The molecule has 0 spiro atoms. The lowest BCUT2D eigenvalue weighted by Crippen LogP contribution is -2.27.